The Balaban J connectivity index is 2.15. The zero-order valence-corrected chi connectivity index (χ0v) is 13.9. The molecular weight excluding hydrogens is 298 g/mol. The third kappa shape index (κ3) is 3.84. The Morgan fingerprint density at radius 3 is 2.68 bits per heavy atom. The van der Waals surface area contributed by atoms with E-state index >= 15 is 0 Å². The first-order valence-corrected chi connectivity index (χ1v) is 8.05. The van der Waals surface area contributed by atoms with Gasteiger partial charge in [0, 0.05) is 10.4 Å². The first-order chi connectivity index (χ1) is 10.5. The number of amides is 1. The lowest BCUT2D eigenvalue weighted by Gasteiger charge is -2.08. The smallest absolute Gasteiger partial charge is 0.243 e. The number of carbonyl (C=O) groups is 1. The number of aromatic nitrogens is 1. The largest absolute Gasteiger partial charge is 0.497 e. The zero-order chi connectivity index (χ0) is 16.1. The van der Waals surface area contributed by atoms with E-state index in [1.54, 1.807) is 7.11 Å². The molecule has 0 bridgehead atoms. The lowest BCUT2D eigenvalue weighted by molar-refractivity contribution is -0.117. The number of thiazole rings is 1. The van der Waals surface area contributed by atoms with Crippen molar-refractivity contribution in [2.45, 2.75) is 32.7 Å². The van der Waals surface area contributed by atoms with Crippen LogP contribution in [-0.2, 0) is 4.79 Å². The maximum absolute atomic E-state index is 12.0. The van der Waals surface area contributed by atoms with Crippen molar-refractivity contribution in [3.05, 3.63) is 29.1 Å². The summed E-state index contributed by atoms with van der Waals surface area (Å²) in [6.45, 7) is 3.99. The van der Waals surface area contributed by atoms with Crippen molar-refractivity contribution in [2.75, 3.05) is 12.4 Å². The molecule has 0 saturated heterocycles. The van der Waals surface area contributed by atoms with Gasteiger partial charge in [-0.1, -0.05) is 13.3 Å². The van der Waals surface area contributed by atoms with Crippen LogP contribution in [0.2, 0.25) is 0 Å². The average Bonchev–Trinajstić information content (AvgIpc) is 2.88. The Bertz CT molecular complexity index is 637. The van der Waals surface area contributed by atoms with E-state index < -0.39 is 6.04 Å². The van der Waals surface area contributed by atoms with Gasteiger partial charge in [0.1, 0.15) is 5.75 Å². The van der Waals surface area contributed by atoms with Crippen LogP contribution in [0.5, 0.6) is 5.75 Å². The molecule has 1 unspecified atom stereocenters. The van der Waals surface area contributed by atoms with Crippen LogP contribution < -0.4 is 15.8 Å². The molecule has 0 radical (unpaired) electrons. The van der Waals surface area contributed by atoms with Gasteiger partial charge in [-0.2, -0.15) is 0 Å². The predicted octanol–water partition coefficient (Wildman–Crippen LogP) is 3.19. The molecule has 0 fully saturated rings. The van der Waals surface area contributed by atoms with Gasteiger partial charge in [-0.3, -0.25) is 4.79 Å². The minimum atomic E-state index is -0.487. The second kappa shape index (κ2) is 7.38. The van der Waals surface area contributed by atoms with E-state index in [0.717, 1.165) is 28.3 Å². The fourth-order valence-corrected chi connectivity index (χ4v) is 2.95. The van der Waals surface area contributed by atoms with Crippen molar-refractivity contribution < 1.29 is 9.53 Å². The average molecular weight is 319 g/mol. The number of anilines is 1. The Hall–Kier alpha value is -1.92. The van der Waals surface area contributed by atoms with Crippen LogP contribution in [0.4, 0.5) is 5.13 Å². The van der Waals surface area contributed by atoms with E-state index in [4.69, 9.17) is 10.5 Å². The predicted molar refractivity (Wildman–Crippen MR) is 90.4 cm³/mol. The molecule has 5 nitrogen and oxygen atoms in total. The number of nitrogens with one attached hydrogen (secondary N) is 1. The van der Waals surface area contributed by atoms with Gasteiger partial charge < -0.3 is 15.8 Å². The highest BCUT2D eigenvalue weighted by atomic mass is 32.1. The molecule has 6 heteroatoms. The summed E-state index contributed by atoms with van der Waals surface area (Å²) in [4.78, 5) is 17.5. The molecule has 0 aliphatic rings. The van der Waals surface area contributed by atoms with Crippen LogP contribution in [0, 0.1) is 6.92 Å². The summed E-state index contributed by atoms with van der Waals surface area (Å²) in [5, 5.41) is 3.38. The SMILES string of the molecule is CCCC(N)C(=O)Nc1nc(-c2ccc(OC)cc2)c(C)s1. The number of rotatable bonds is 6. The molecule has 2 aromatic rings. The zero-order valence-electron chi connectivity index (χ0n) is 13.1. The molecule has 2 rings (SSSR count). The lowest BCUT2D eigenvalue weighted by Crippen LogP contribution is -2.35. The fraction of sp³-hybridized carbons (Fsp3) is 0.375. The molecule has 0 saturated carbocycles. The minimum absolute atomic E-state index is 0.183. The van der Waals surface area contributed by atoms with Gasteiger partial charge in [0.05, 0.1) is 18.8 Å². The summed E-state index contributed by atoms with van der Waals surface area (Å²) >= 11 is 1.45. The summed E-state index contributed by atoms with van der Waals surface area (Å²) in [6, 6.07) is 7.20. The van der Waals surface area contributed by atoms with Gasteiger partial charge in [0.2, 0.25) is 5.91 Å². The molecule has 1 atom stereocenters. The maximum Gasteiger partial charge on any atom is 0.243 e. The summed E-state index contributed by atoms with van der Waals surface area (Å²) in [6.07, 6.45) is 1.55. The minimum Gasteiger partial charge on any atom is -0.497 e. The van der Waals surface area contributed by atoms with Crippen LogP contribution in [0.15, 0.2) is 24.3 Å². The van der Waals surface area contributed by atoms with Crippen LogP contribution in [0.25, 0.3) is 11.3 Å². The number of hydrogen-bond acceptors (Lipinski definition) is 5. The van der Waals surface area contributed by atoms with Crippen molar-refractivity contribution in [3.63, 3.8) is 0 Å². The Kier molecular flexibility index (Phi) is 5.51. The monoisotopic (exact) mass is 319 g/mol. The standard InChI is InChI=1S/C16H21N3O2S/c1-4-5-13(17)15(20)19-16-18-14(10(2)22-16)11-6-8-12(21-3)9-7-11/h6-9,13H,4-5,17H2,1-3H3,(H,18,19,20). The molecule has 0 aliphatic carbocycles. The van der Waals surface area contributed by atoms with Crippen molar-refractivity contribution in [2.24, 2.45) is 5.73 Å². The highest BCUT2D eigenvalue weighted by molar-refractivity contribution is 7.16. The van der Waals surface area contributed by atoms with Crippen molar-refractivity contribution in [3.8, 4) is 17.0 Å². The fourth-order valence-electron chi connectivity index (χ4n) is 2.11. The molecule has 22 heavy (non-hydrogen) atoms. The van der Waals surface area contributed by atoms with Gasteiger partial charge in [-0.15, -0.1) is 11.3 Å². The molecule has 1 aromatic heterocycles. The van der Waals surface area contributed by atoms with Gasteiger partial charge in [-0.05, 0) is 37.6 Å². The summed E-state index contributed by atoms with van der Waals surface area (Å²) < 4.78 is 5.15. The van der Waals surface area contributed by atoms with Crippen LogP contribution in [0.1, 0.15) is 24.6 Å². The highest BCUT2D eigenvalue weighted by Crippen LogP contribution is 2.31. The number of nitrogens with zero attached hydrogens (tertiary/aromatic N) is 1. The van der Waals surface area contributed by atoms with E-state index in [1.807, 2.05) is 38.1 Å². The third-order valence-corrected chi connectivity index (χ3v) is 4.21. The number of benzene rings is 1. The molecule has 0 aliphatic heterocycles. The normalized spacial score (nSPS) is 12.0. The number of hydrogen-bond donors (Lipinski definition) is 2. The van der Waals surface area contributed by atoms with Gasteiger partial charge in [-0.25, -0.2) is 4.98 Å². The van der Waals surface area contributed by atoms with Crippen LogP contribution in [-0.4, -0.2) is 24.0 Å². The summed E-state index contributed by atoms with van der Waals surface area (Å²) in [5.74, 6) is 0.618. The van der Waals surface area contributed by atoms with Gasteiger partial charge in [0.15, 0.2) is 5.13 Å². The van der Waals surface area contributed by atoms with E-state index in [2.05, 4.69) is 10.3 Å². The van der Waals surface area contributed by atoms with E-state index in [-0.39, 0.29) is 5.91 Å². The number of aryl methyl sites for hydroxylation is 1. The van der Waals surface area contributed by atoms with E-state index in [1.165, 1.54) is 11.3 Å². The first-order valence-electron chi connectivity index (χ1n) is 7.23. The molecule has 3 N–H and O–H groups in total. The molecular formula is C16H21N3O2S. The van der Waals surface area contributed by atoms with Gasteiger partial charge in [0.25, 0.3) is 0 Å². The number of nitrogens with two attached hydrogens (primary N) is 1. The van der Waals surface area contributed by atoms with E-state index in [0.29, 0.717) is 11.6 Å². The Morgan fingerprint density at radius 1 is 1.41 bits per heavy atom. The first kappa shape index (κ1) is 16.5. The number of ether oxygens (including phenoxy) is 1. The van der Waals surface area contributed by atoms with Crippen LogP contribution >= 0.6 is 11.3 Å². The van der Waals surface area contributed by atoms with Crippen LogP contribution in [0.3, 0.4) is 0 Å². The molecule has 118 valence electrons. The lowest BCUT2D eigenvalue weighted by atomic mass is 10.1. The van der Waals surface area contributed by atoms with Crippen molar-refractivity contribution >= 4 is 22.4 Å². The molecule has 1 aromatic carbocycles. The third-order valence-electron chi connectivity index (χ3n) is 3.33. The molecule has 0 spiro atoms. The van der Waals surface area contributed by atoms with Gasteiger partial charge >= 0.3 is 0 Å². The summed E-state index contributed by atoms with van der Waals surface area (Å²) in [5.41, 5.74) is 7.68. The highest BCUT2D eigenvalue weighted by Gasteiger charge is 2.16. The van der Waals surface area contributed by atoms with Crippen molar-refractivity contribution in [1.29, 1.82) is 0 Å². The maximum atomic E-state index is 12.0. The summed E-state index contributed by atoms with van der Waals surface area (Å²) in [7, 11) is 1.64. The Morgan fingerprint density at radius 2 is 2.09 bits per heavy atom. The number of carbonyl (C=O) groups excluding carboxylic acids is 1. The topological polar surface area (TPSA) is 77.2 Å². The molecule has 1 amide bonds. The second-order valence-corrected chi connectivity index (χ2v) is 6.24. The Labute approximate surface area is 134 Å². The van der Waals surface area contributed by atoms with Crippen molar-refractivity contribution in [1.82, 2.24) is 4.98 Å². The second-order valence-electron chi connectivity index (χ2n) is 5.04. The quantitative estimate of drug-likeness (QED) is 0.857. The number of methoxy groups -OCH3 is 1. The molecule has 1 heterocycles. The van der Waals surface area contributed by atoms with E-state index in [9.17, 15) is 4.79 Å².